The van der Waals surface area contributed by atoms with Gasteiger partial charge >= 0.3 is 0 Å². The van der Waals surface area contributed by atoms with Crippen LogP contribution in [0.3, 0.4) is 0 Å². The quantitative estimate of drug-likeness (QED) is 0.820. The Balaban J connectivity index is 2.58. The van der Waals surface area contributed by atoms with Crippen LogP contribution >= 0.6 is 31.9 Å². The molecule has 0 saturated carbocycles. The van der Waals surface area contributed by atoms with Crippen LogP contribution in [0.1, 0.15) is 25.8 Å². The third-order valence-electron chi connectivity index (χ3n) is 2.24. The number of halogens is 2. The highest BCUT2D eigenvalue weighted by Crippen LogP contribution is 2.24. The van der Waals surface area contributed by atoms with Gasteiger partial charge in [0, 0.05) is 15.0 Å². The van der Waals surface area contributed by atoms with Gasteiger partial charge in [-0.15, -0.1) is 0 Å². The van der Waals surface area contributed by atoms with Gasteiger partial charge in [-0.25, -0.2) is 0 Å². The summed E-state index contributed by atoms with van der Waals surface area (Å²) in [6, 6.07) is 6.67. The van der Waals surface area contributed by atoms with E-state index in [4.69, 9.17) is 0 Å². The third kappa shape index (κ3) is 4.81. The van der Waals surface area contributed by atoms with Crippen LogP contribution in [-0.4, -0.2) is 12.6 Å². The standard InChI is InChI=1S/C13H17Br2N/c1-3-8-16-10(2)4-5-11-6-7-12(14)13(15)9-11/h4-7,9-10,16H,3,8H2,1-2H3/b5-4+. The molecule has 1 rings (SSSR count). The maximum atomic E-state index is 3.50. The molecule has 0 amide bonds. The van der Waals surface area contributed by atoms with E-state index in [1.165, 1.54) is 12.0 Å². The van der Waals surface area contributed by atoms with Crippen molar-refractivity contribution in [3.63, 3.8) is 0 Å². The van der Waals surface area contributed by atoms with Crippen molar-refractivity contribution in [2.45, 2.75) is 26.3 Å². The largest absolute Gasteiger partial charge is 0.311 e. The highest BCUT2D eigenvalue weighted by molar-refractivity contribution is 9.13. The summed E-state index contributed by atoms with van der Waals surface area (Å²) in [7, 11) is 0. The first-order valence-corrected chi connectivity index (χ1v) is 7.08. The van der Waals surface area contributed by atoms with Crippen LogP contribution in [0.5, 0.6) is 0 Å². The summed E-state index contributed by atoms with van der Waals surface area (Å²) in [5.41, 5.74) is 1.21. The molecule has 1 aromatic carbocycles. The molecule has 1 N–H and O–H groups in total. The van der Waals surface area contributed by atoms with Crippen molar-refractivity contribution in [1.29, 1.82) is 0 Å². The van der Waals surface area contributed by atoms with Crippen molar-refractivity contribution in [1.82, 2.24) is 5.32 Å². The Morgan fingerprint density at radius 3 is 2.69 bits per heavy atom. The fourth-order valence-corrected chi connectivity index (χ4v) is 1.95. The third-order valence-corrected chi connectivity index (χ3v) is 4.12. The number of nitrogens with one attached hydrogen (secondary N) is 1. The minimum Gasteiger partial charge on any atom is -0.311 e. The van der Waals surface area contributed by atoms with Crippen LogP contribution in [0.2, 0.25) is 0 Å². The molecular formula is C13H17Br2N. The highest BCUT2D eigenvalue weighted by Gasteiger charge is 1.97. The molecule has 3 heteroatoms. The Bertz CT molecular complexity index is 361. The van der Waals surface area contributed by atoms with E-state index in [0.717, 1.165) is 15.5 Å². The molecule has 88 valence electrons. The van der Waals surface area contributed by atoms with Crippen LogP contribution in [0.15, 0.2) is 33.2 Å². The molecule has 1 unspecified atom stereocenters. The smallest absolute Gasteiger partial charge is 0.0323 e. The van der Waals surface area contributed by atoms with Gasteiger partial charge in [0.1, 0.15) is 0 Å². The topological polar surface area (TPSA) is 12.0 Å². The van der Waals surface area contributed by atoms with E-state index in [1.54, 1.807) is 0 Å². The van der Waals surface area contributed by atoms with Crippen molar-refractivity contribution in [2.24, 2.45) is 0 Å². The number of benzene rings is 1. The zero-order valence-corrected chi connectivity index (χ0v) is 12.8. The fraction of sp³-hybridized carbons (Fsp3) is 0.385. The molecular weight excluding hydrogens is 330 g/mol. The van der Waals surface area contributed by atoms with Gasteiger partial charge in [-0.1, -0.05) is 25.1 Å². The number of rotatable bonds is 5. The summed E-state index contributed by atoms with van der Waals surface area (Å²) in [5, 5.41) is 3.42. The summed E-state index contributed by atoms with van der Waals surface area (Å²) in [4.78, 5) is 0. The predicted molar refractivity (Wildman–Crippen MR) is 78.6 cm³/mol. The van der Waals surface area contributed by atoms with E-state index >= 15 is 0 Å². The minimum atomic E-state index is 0.419. The van der Waals surface area contributed by atoms with Crippen molar-refractivity contribution in [3.8, 4) is 0 Å². The molecule has 0 aliphatic carbocycles. The number of hydrogen-bond acceptors (Lipinski definition) is 1. The monoisotopic (exact) mass is 345 g/mol. The molecule has 0 bridgehead atoms. The summed E-state index contributed by atoms with van der Waals surface area (Å²) in [6.45, 7) is 5.41. The minimum absolute atomic E-state index is 0.419. The van der Waals surface area contributed by atoms with E-state index < -0.39 is 0 Å². The van der Waals surface area contributed by atoms with E-state index in [2.05, 4.69) is 75.3 Å². The highest BCUT2D eigenvalue weighted by atomic mass is 79.9. The summed E-state index contributed by atoms with van der Waals surface area (Å²) in [6.07, 6.45) is 5.50. The molecule has 1 nitrogen and oxygen atoms in total. The van der Waals surface area contributed by atoms with Crippen LogP contribution in [0.4, 0.5) is 0 Å². The van der Waals surface area contributed by atoms with E-state index in [9.17, 15) is 0 Å². The first kappa shape index (κ1) is 13.9. The second-order valence-electron chi connectivity index (χ2n) is 3.78. The van der Waals surface area contributed by atoms with Gasteiger partial charge in [-0.05, 0) is 69.4 Å². The fourth-order valence-electron chi connectivity index (χ4n) is 1.31. The maximum absolute atomic E-state index is 3.50. The normalized spacial score (nSPS) is 13.2. The van der Waals surface area contributed by atoms with Crippen LogP contribution < -0.4 is 5.32 Å². The molecule has 0 radical (unpaired) electrons. The van der Waals surface area contributed by atoms with Crippen molar-refractivity contribution < 1.29 is 0 Å². The first-order chi connectivity index (χ1) is 7.63. The lowest BCUT2D eigenvalue weighted by molar-refractivity contribution is 0.625. The number of hydrogen-bond donors (Lipinski definition) is 1. The second-order valence-corrected chi connectivity index (χ2v) is 5.48. The molecule has 0 saturated heterocycles. The summed E-state index contributed by atoms with van der Waals surface area (Å²) in [5.74, 6) is 0. The zero-order chi connectivity index (χ0) is 12.0. The van der Waals surface area contributed by atoms with Gasteiger partial charge in [-0.3, -0.25) is 0 Å². The van der Waals surface area contributed by atoms with Gasteiger partial charge in [0.05, 0.1) is 0 Å². The van der Waals surface area contributed by atoms with Gasteiger partial charge < -0.3 is 5.32 Å². The van der Waals surface area contributed by atoms with Crippen molar-refractivity contribution in [3.05, 3.63) is 38.8 Å². The zero-order valence-electron chi connectivity index (χ0n) is 9.63. The molecule has 0 heterocycles. The predicted octanol–water partition coefficient (Wildman–Crippen LogP) is 4.61. The van der Waals surface area contributed by atoms with Gasteiger partial charge in [0.15, 0.2) is 0 Å². The van der Waals surface area contributed by atoms with Crippen molar-refractivity contribution in [2.75, 3.05) is 6.54 Å². The Morgan fingerprint density at radius 2 is 2.06 bits per heavy atom. The Kier molecular flexibility index (Phi) is 6.32. The molecule has 0 aromatic heterocycles. The van der Waals surface area contributed by atoms with Crippen LogP contribution in [-0.2, 0) is 0 Å². The average Bonchev–Trinajstić information content (AvgIpc) is 2.28. The molecule has 0 spiro atoms. The van der Waals surface area contributed by atoms with E-state index in [-0.39, 0.29) is 0 Å². The molecule has 0 aliphatic rings. The SMILES string of the molecule is CCCNC(C)/C=C/c1ccc(Br)c(Br)c1. The maximum Gasteiger partial charge on any atom is 0.0323 e. The lowest BCUT2D eigenvalue weighted by atomic mass is 10.2. The lowest BCUT2D eigenvalue weighted by Crippen LogP contribution is -2.24. The first-order valence-electron chi connectivity index (χ1n) is 5.50. The second kappa shape index (κ2) is 7.25. The van der Waals surface area contributed by atoms with Gasteiger partial charge in [0.2, 0.25) is 0 Å². The Labute approximate surface area is 115 Å². The average molecular weight is 347 g/mol. The Morgan fingerprint density at radius 1 is 1.31 bits per heavy atom. The lowest BCUT2D eigenvalue weighted by Gasteiger charge is -2.07. The Hall–Kier alpha value is -0.120. The molecule has 16 heavy (non-hydrogen) atoms. The van der Waals surface area contributed by atoms with Gasteiger partial charge in [0.25, 0.3) is 0 Å². The van der Waals surface area contributed by atoms with Crippen LogP contribution in [0.25, 0.3) is 6.08 Å². The van der Waals surface area contributed by atoms with Crippen LogP contribution in [0, 0.1) is 0 Å². The summed E-state index contributed by atoms with van der Waals surface area (Å²) < 4.78 is 2.17. The summed E-state index contributed by atoms with van der Waals surface area (Å²) >= 11 is 6.96. The molecule has 0 aliphatic heterocycles. The molecule has 1 atom stereocenters. The van der Waals surface area contributed by atoms with E-state index in [1.807, 2.05) is 6.07 Å². The van der Waals surface area contributed by atoms with Crippen molar-refractivity contribution >= 4 is 37.9 Å². The van der Waals surface area contributed by atoms with Gasteiger partial charge in [-0.2, -0.15) is 0 Å². The molecule has 0 fully saturated rings. The van der Waals surface area contributed by atoms with E-state index in [0.29, 0.717) is 6.04 Å². The molecule has 1 aromatic rings.